The average Bonchev–Trinajstić information content (AvgIpc) is 2.50. The van der Waals surface area contributed by atoms with Crippen molar-refractivity contribution in [2.24, 2.45) is 0 Å². The number of nitrogens with two attached hydrogens (primary N) is 1. The molecule has 2 N–H and O–H groups in total. The Balaban J connectivity index is 1.81. The quantitative estimate of drug-likeness (QED) is 0.925. The van der Waals surface area contributed by atoms with Gasteiger partial charge in [0.2, 0.25) is 11.9 Å². The zero-order valence-electron chi connectivity index (χ0n) is 11.8. The molecule has 0 aliphatic carbocycles. The molecule has 110 valence electrons. The van der Waals surface area contributed by atoms with Crippen LogP contribution in [0.15, 0.2) is 34.3 Å². The van der Waals surface area contributed by atoms with E-state index < -0.39 is 0 Å². The van der Waals surface area contributed by atoms with Crippen molar-refractivity contribution in [1.82, 2.24) is 15.0 Å². The van der Waals surface area contributed by atoms with Crippen molar-refractivity contribution in [3.05, 3.63) is 29.8 Å². The Bertz CT molecular complexity index is 613. The minimum Gasteiger partial charge on any atom is -0.378 e. The van der Waals surface area contributed by atoms with Gasteiger partial charge in [0.05, 0.1) is 13.2 Å². The molecule has 2 heterocycles. The van der Waals surface area contributed by atoms with Crippen LogP contribution < -0.4 is 10.6 Å². The fourth-order valence-electron chi connectivity index (χ4n) is 2.02. The van der Waals surface area contributed by atoms with Crippen molar-refractivity contribution < 1.29 is 4.74 Å². The SMILES string of the molecule is Cc1ccc(Sc2nc(N)nc(N3CCOCC3)n2)cc1. The van der Waals surface area contributed by atoms with E-state index in [-0.39, 0.29) is 5.95 Å². The maximum Gasteiger partial charge on any atom is 0.231 e. The lowest BCUT2D eigenvalue weighted by atomic mass is 10.2. The number of hydrogen-bond acceptors (Lipinski definition) is 7. The van der Waals surface area contributed by atoms with Crippen molar-refractivity contribution in [3.63, 3.8) is 0 Å². The first-order valence-electron chi connectivity index (χ1n) is 6.79. The molecule has 1 aromatic carbocycles. The van der Waals surface area contributed by atoms with Gasteiger partial charge in [0.25, 0.3) is 0 Å². The van der Waals surface area contributed by atoms with Crippen LogP contribution in [0.25, 0.3) is 0 Å². The summed E-state index contributed by atoms with van der Waals surface area (Å²) in [4.78, 5) is 16.1. The molecule has 1 aliphatic heterocycles. The molecule has 0 spiro atoms. The minimum atomic E-state index is 0.251. The predicted octanol–water partition coefficient (Wildman–Crippen LogP) is 1.75. The summed E-state index contributed by atoms with van der Waals surface area (Å²) >= 11 is 1.49. The van der Waals surface area contributed by atoms with Crippen molar-refractivity contribution >= 4 is 23.7 Å². The van der Waals surface area contributed by atoms with Crippen LogP contribution in [0.4, 0.5) is 11.9 Å². The number of ether oxygens (including phenoxy) is 1. The van der Waals surface area contributed by atoms with E-state index in [2.05, 4.69) is 38.9 Å². The molecule has 1 aliphatic rings. The standard InChI is InChI=1S/C14H17N5OS/c1-10-2-4-11(5-3-10)21-14-17-12(15)16-13(18-14)19-6-8-20-9-7-19/h2-5H,6-9H2,1H3,(H2,15,16,17,18). The van der Waals surface area contributed by atoms with Crippen LogP contribution in [0, 0.1) is 6.92 Å². The molecule has 0 unspecified atom stereocenters. The van der Waals surface area contributed by atoms with E-state index in [1.165, 1.54) is 17.3 Å². The van der Waals surface area contributed by atoms with Gasteiger partial charge < -0.3 is 15.4 Å². The summed E-state index contributed by atoms with van der Waals surface area (Å²) in [6.45, 7) is 4.99. The van der Waals surface area contributed by atoms with E-state index in [1.807, 2.05) is 12.1 Å². The Kier molecular flexibility index (Phi) is 4.21. The number of rotatable bonds is 3. The number of aromatic nitrogens is 3. The number of morpholine rings is 1. The molecule has 0 bridgehead atoms. The molecule has 0 amide bonds. The van der Waals surface area contributed by atoms with Crippen molar-refractivity contribution in [3.8, 4) is 0 Å². The summed E-state index contributed by atoms with van der Waals surface area (Å²) < 4.78 is 5.34. The molecular formula is C14H17N5OS. The molecule has 3 rings (SSSR count). The highest BCUT2D eigenvalue weighted by atomic mass is 32.2. The normalized spacial score (nSPS) is 15.2. The number of benzene rings is 1. The average molecular weight is 303 g/mol. The van der Waals surface area contributed by atoms with Gasteiger partial charge in [0.15, 0.2) is 5.16 Å². The van der Waals surface area contributed by atoms with Crippen LogP contribution in [0.3, 0.4) is 0 Å². The highest BCUT2D eigenvalue weighted by Gasteiger charge is 2.16. The molecule has 0 radical (unpaired) electrons. The van der Waals surface area contributed by atoms with Crippen LogP contribution in [-0.4, -0.2) is 41.3 Å². The molecule has 1 aromatic heterocycles. The maximum atomic E-state index is 5.81. The molecular weight excluding hydrogens is 286 g/mol. The minimum absolute atomic E-state index is 0.251. The first-order chi connectivity index (χ1) is 10.2. The topological polar surface area (TPSA) is 77.2 Å². The second-order valence-corrected chi connectivity index (χ2v) is 5.83. The Morgan fingerprint density at radius 1 is 1.10 bits per heavy atom. The van der Waals surface area contributed by atoms with Crippen LogP contribution in [0.2, 0.25) is 0 Å². The fourth-order valence-corrected chi connectivity index (χ4v) is 2.77. The maximum absolute atomic E-state index is 5.81. The highest BCUT2D eigenvalue weighted by molar-refractivity contribution is 7.99. The van der Waals surface area contributed by atoms with Gasteiger partial charge in [-0.3, -0.25) is 0 Å². The summed E-state index contributed by atoms with van der Waals surface area (Å²) in [6, 6.07) is 8.23. The highest BCUT2D eigenvalue weighted by Crippen LogP contribution is 2.26. The lowest BCUT2D eigenvalue weighted by molar-refractivity contribution is 0.122. The summed E-state index contributed by atoms with van der Waals surface area (Å²) in [5, 5.41) is 0.618. The third-order valence-corrected chi connectivity index (χ3v) is 4.02. The van der Waals surface area contributed by atoms with Crippen molar-refractivity contribution in [2.45, 2.75) is 17.0 Å². The van der Waals surface area contributed by atoms with Crippen LogP contribution in [0.5, 0.6) is 0 Å². The van der Waals surface area contributed by atoms with Gasteiger partial charge in [0.1, 0.15) is 0 Å². The third kappa shape index (κ3) is 3.62. The smallest absolute Gasteiger partial charge is 0.231 e. The molecule has 0 saturated carbocycles. The molecule has 0 atom stereocenters. The fraction of sp³-hybridized carbons (Fsp3) is 0.357. The number of aryl methyl sites for hydroxylation is 1. The lowest BCUT2D eigenvalue weighted by Crippen LogP contribution is -2.37. The van der Waals surface area contributed by atoms with Gasteiger partial charge in [-0.25, -0.2) is 0 Å². The summed E-state index contributed by atoms with van der Waals surface area (Å²) in [5.74, 6) is 0.876. The third-order valence-electron chi connectivity index (χ3n) is 3.14. The molecule has 7 heteroatoms. The first-order valence-corrected chi connectivity index (χ1v) is 7.61. The van der Waals surface area contributed by atoms with Crippen LogP contribution >= 0.6 is 11.8 Å². The van der Waals surface area contributed by atoms with Gasteiger partial charge in [-0.1, -0.05) is 17.7 Å². The van der Waals surface area contributed by atoms with E-state index in [0.717, 1.165) is 18.0 Å². The first kappa shape index (κ1) is 14.1. The monoisotopic (exact) mass is 303 g/mol. The largest absolute Gasteiger partial charge is 0.378 e. The Morgan fingerprint density at radius 2 is 1.81 bits per heavy atom. The summed E-state index contributed by atoms with van der Waals surface area (Å²) in [5.41, 5.74) is 7.04. The lowest BCUT2D eigenvalue weighted by Gasteiger charge is -2.26. The number of nitrogens with zero attached hydrogens (tertiary/aromatic N) is 4. The van der Waals surface area contributed by atoms with Gasteiger partial charge >= 0.3 is 0 Å². The summed E-state index contributed by atoms with van der Waals surface area (Å²) in [7, 11) is 0. The van der Waals surface area contributed by atoms with Gasteiger partial charge in [-0.15, -0.1) is 0 Å². The second-order valence-electron chi connectivity index (χ2n) is 4.79. The van der Waals surface area contributed by atoms with E-state index in [9.17, 15) is 0 Å². The predicted molar refractivity (Wildman–Crippen MR) is 82.6 cm³/mol. The van der Waals surface area contributed by atoms with Crippen molar-refractivity contribution in [1.29, 1.82) is 0 Å². The van der Waals surface area contributed by atoms with Crippen LogP contribution in [0.1, 0.15) is 5.56 Å². The van der Waals surface area contributed by atoms with Gasteiger partial charge in [0, 0.05) is 18.0 Å². The Hall–Kier alpha value is -1.86. The van der Waals surface area contributed by atoms with E-state index in [1.54, 1.807) is 0 Å². The number of nitrogen functional groups attached to an aromatic ring is 1. The number of hydrogen-bond donors (Lipinski definition) is 1. The molecule has 1 fully saturated rings. The zero-order chi connectivity index (χ0) is 14.7. The van der Waals surface area contributed by atoms with Gasteiger partial charge in [-0.2, -0.15) is 15.0 Å². The molecule has 1 saturated heterocycles. The van der Waals surface area contributed by atoms with E-state index >= 15 is 0 Å². The zero-order valence-corrected chi connectivity index (χ0v) is 12.6. The van der Waals surface area contributed by atoms with Gasteiger partial charge in [-0.05, 0) is 30.8 Å². The molecule has 21 heavy (non-hydrogen) atoms. The Labute approximate surface area is 127 Å². The van der Waals surface area contributed by atoms with Crippen molar-refractivity contribution in [2.75, 3.05) is 36.9 Å². The van der Waals surface area contributed by atoms with E-state index in [4.69, 9.17) is 10.5 Å². The molecule has 2 aromatic rings. The molecule has 6 nitrogen and oxygen atoms in total. The summed E-state index contributed by atoms with van der Waals surface area (Å²) in [6.07, 6.45) is 0. The van der Waals surface area contributed by atoms with Crippen LogP contribution in [-0.2, 0) is 4.74 Å². The second kappa shape index (κ2) is 6.28. The Morgan fingerprint density at radius 3 is 2.52 bits per heavy atom. The number of anilines is 2. The van der Waals surface area contributed by atoms with E-state index in [0.29, 0.717) is 24.3 Å².